The molecule has 0 aliphatic carbocycles. The quantitative estimate of drug-likeness (QED) is 0.790. The molecular weight excluding hydrogens is 208 g/mol. The lowest BCUT2D eigenvalue weighted by Crippen LogP contribution is -2.27. The van der Waals surface area contributed by atoms with Crippen LogP contribution >= 0.6 is 11.3 Å². The van der Waals surface area contributed by atoms with Crippen LogP contribution in [-0.2, 0) is 0 Å². The van der Waals surface area contributed by atoms with Crippen LogP contribution in [0.15, 0.2) is 0 Å². The van der Waals surface area contributed by atoms with Gasteiger partial charge in [-0.1, -0.05) is 13.3 Å². The van der Waals surface area contributed by atoms with E-state index in [4.69, 9.17) is 0 Å². The molecule has 1 aromatic heterocycles. The fourth-order valence-corrected chi connectivity index (χ4v) is 2.13. The molecule has 3 nitrogen and oxygen atoms in total. The summed E-state index contributed by atoms with van der Waals surface area (Å²) in [7, 11) is 1.84. The van der Waals surface area contributed by atoms with Crippen molar-refractivity contribution < 1.29 is 4.79 Å². The lowest BCUT2D eigenvalue weighted by atomic mass is 10.3. The molecule has 0 saturated carbocycles. The van der Waals surface area contributed by atoms with E-state index in [1.807, 2.05) is 20.9 Å². The van der Waals surface area contributed by atoms with Gasteiger partial charge in [-0.15, -0.1) is 11.3 Å². The van der Waals surface area contributed by atoms with Gasteiger partial charge in [-0.3, -0.25) is 4.79 Å². The van der Waals surface area contributed by atoms with Crippen LogP contribution in [-0.4, -0.2) is 29.4 Å². The van der Waals surface area contributed by atoms with E-state index in [0.29, 0.717) is 5.01 Å². The molecule has 0 N–H and O–H groups in total. The summed E-state index contributed by atoms with van der Waals surface area (Å²) in [6.45, 7) is 6.87. The second kappa shape index (κ2) is 5.26. The topological polar surface area (TPSA) is 33.2 Å². The first-order valence-electron chi connectivity index (χ1n) is 5.25. The third-order valence-electron chi connectivity index (χ3n) is 2.41. The Morgan fingerprint density at radius 3 is 2.60 bits per heavy atom. The van der Waals surface area contributed by atoms with Crippen LogP contribution < -0.4 is 0 Å². The van der Waals surface area contributed by atoms with Crippen molar-refractivity contribution in [3.05, 3.63) is 15.6 Å². The number of aromatic nitrogens is 1. The molecule has 1 heterocycles. The number of hydrogen-bond acceptors (Lipinski definition) is 3. The number of aryl methyl sites for hydroxylation is 2. The molecule has 0 saturated heterocycles. The van der Waals surface area contributed by atoms with Gasteiger partial charge < -0.3 is 4.90 Å². The minimum atomic E-state index is 0.0460. The molecule has 4 heteroatoms. The average molecular weight is 226 g/mol. The number of amides is 1. The molecule has 1 amide bonds. The van der Waals surface area contributed by atoms with Crippen LogP contribution in [0.5, 0.6) is 0 Å². The van der Waals surface area contributed by atoms with Crippen LogP contribution in [0.25, 0.3) is 0 Å². The third kappa shape index (κ3) is 3.02. The average Bonchev–Trinajstić information content (AvgIpc) is 2.54. The summed E-state index contributed by atoms with van der Waals surface area (Å²) >= 11 is 1.48. The molecular formula is C11H18N2OS. The zero-order valence-electron chi connectivity index (χ0n) is 9.83. The molecule has 0 spiro atoms. The maximum atomic E-state index is 11.9. The first-order chi connectivity index (χ1) is 7.06. The molecule has 0 aliphatic heterocycles. The summed E-state index contributed by atoms with van der Waals surface area (Å²) in [6.07, 6.45) is 2.15. The van der Waals surface area contributed by atoms with Crippen LogP contribution in [0, 0.1) is 13.8 Å². The number of unbranched alkanes of at least 4 members (excludes halogenated alkanes) is 1. The molecule has 0 radical (unpaired) electrons. The van der Waals surface area contributed by atoms with Crippen LogP contribution in [0.4, 0.5) is 0 Å². The maximum absolute atomic E-state index is 11.9. The molecule has 0 aliphatic rings. The minimum Gasteiger partial charge on any atom is -0.340 e. The Bertz CT molecular complexity index is 327. The number of carbonyl (C=O) groups excluding carboxylic acids is 1. The van der Waals surface area contributed by atoms with Gasteiger partial charge in [0.05, 0.1) is 5.69 Å². The highest BCUT2D eigenvalue weighted by Gasteiger charge is 2.16. The van der Waals surface area contributed by atoms with Crippen molar-refractivity contribution >= 4 is 17.2 Å². The fraction of sp³-hybridized carbons (Fsp3) is 0.636. The molecule has 0 atom stereocenters. The summed E-state index contributed by atoms with van der Waals surface area (Å²) < 4.78 is 0. The zero-order valence-corrected chi connectivity index (χ0v) is 10.6. The second-order valence-electron chi connectivity index (χ2n) is 3.74. The van der Waals surface area contributed by atoms with E-state index in [9.17, 15) is 4.79 Å². The van der Waals surface area contributed by atoms with Gasteiger partial charge in [0, 0.05) is 18.5 Å². The SMILES string of the molecule is CCCCN(C)C(=O)c1nc(C)c(C)s1. The monoisotopic (exact) mass is 226 g/mol. The normalized spacial score (nSPS) is 10.4. The predicted octanol–water partition coefficient (Wildman–Crippen LogP) is 2.63. The van der Waals surface area contributed by atoms with Gasteiger partial charge in [-0.05, 0) is 20.3 Å². The highest BCUT2D eigenvalue weighted by Crippen LogP contribution is 2.17. The van der Waals surface area contributed by atoms with Crippen molar-refractivity contribution in [1.82, 2.24) is 9.88 Å². The number of hydrogen-bond donors (Lipinski definition) is 0. The summed E-state index contributed by atoms with van der Waals surface area (Å²) in [5, 5.41) is 0.614. The van der Waals surface area contributed by atoms with E-state index in [0.717, 1.165) is 30.0 Å². The summed E-state index contributed by atoms with van der Waals surface area (Å²) in [6, 6.07) is 0. The van der Waals surface area contributed by atoms with E-state index in [1.165, 1.54) is 11.3 Å². The van der Waals surface area contributed by atoms with Crippen molar-refractivity contribution in [2.45, 2.75) is 33.6 Å². The first-order valence-corrected chi connectivity index (χ1v) is 6.07. The van der Waals surface area contributed by atoms with Gasteiger partial charge in [0.1, 0.15) is 0 Å². The molecule has 0 aromatic carbocycles. The highest BCUT2D eigenvalue weighted by atomic mass is 32.1. The molecule has 0 unspecified atom stereocenters. The molecule has 0 bridgehead atoms. The van der Waals surface area contributed by atoms with E-state index in [2.05, 4.69) is 11.9 Å². The Labute approximate surface area is 95.1 Å². The largest absolute Gasteiger partial charge is 0.340 e. The minimum absolute atomic E-state index is 0.0460. The van der Waals surface area contributed by atoms with Gasteiger partial charge >= 0.3 is 0 Å². The standard InChI is InChI=1S/C11H18N2OS/c1-5-6-7-13(4)11(14)10-12-8(2)9(3)15-10/h5-7H2,1-4H3. The fourth-order valence-electron chi connectivity index (χ4n) is 1.22. The van der Waals surface area contributed by atoms with Gasteiger partial charge in [-0.2, -0.15) is 0 Å². The van der Waals surface area contributed by atoms with Gasteiger partial charge in [-0.25, -0.2) is 4.98 Å². The van der Waals surface area contributed by atoms with Crippen molar-refractivity contribution in [2.24, 2.45) is 0 Å². The number of carbonyl (C=O) groups is 1. The Hall–Kier alpha value is -0.900. The van der Waals surface area contributed by atoms with Crippen molar-refractivity contribution in [3.8, 4) is 0 Å². The third-order valence-corrected chi connectivity index (χ3v) is 3.47. The summed E-state index contributed by atoms with van der Waals surface area (Å²) in [5.41, 5.74) is 0.965. The lowest BCUT2D eigenvalue weighted by molar-refractivity contribution is 0.0792. The van der Waals surface area contributed by atoms with Crippen molar-refractivity contribution in [2.75, 3.05) is 13.6 Å². The number of rotatable bonds is 4. The van der Waals surface area contributed by atoms with Gasteiger partial charge in [0.25, 0.3) is 5.91 Å². The molecule has 1 aromatic rings. The molecule has 84 valence electrons. The number of thiazole rings is 1. The Balaban J connectivity index is 2.67. The molecule has 0 fully saturated rings. The molecule has 15 heavy (non-hydrogen) atoms. The second-order valence-corrected chi connectivity index (χ2v) is 4.94. The maximum Gasteiger partial charge on any atom is 0.282 e. The summed E-state index contributed by atoms with van der Waals surface area (Å²) in [4.78, 5) is 19.0. The van der Waals surface area contributed by atoms with E-state index >= 15 is 0 Å². The van der Waals surface area contributed by atoms with Gasteiger partial charge in [0.15, 0.2) is 5.01 Å². The van der Waals surface area contributed by atoms with Crippen molar-refractivity contribution in [1.29, 1.82) is 0 Å². The Kier molecular flexibility index (Phi) is 4.27. The van der Waals surface area contributed by atoms with Crippen molar-refractivity contribution in [3.63, 3.8) is 0 Å². The zero-order chi connectivity index (χ0) is 11.4. The lowest BCUT2D eigenvalue weighted by Gasteiger charge is -2.14. The smallest absolute Gasteiger partial charge is 0.282 e. The Morgan fingerprint density at radius 2 is 2.13 bits per heavy atom. The summed E-state index contributed by atoms with van der Waals surface area (Å²) in [5.74, 6) is 0.0460. The van der Waals surface area contributed by atoms with E-state index < -0.39 is 0 Å². The van der Waals surface area contributed by atoms with E-state index in [-0.39, 0.29) is 5.91 Å². The van der Waals surface area contributed by atoms with Gasteiger partial charge in [0.2, 0.25) is 0 Å². The number of nitrogens with zero attached hydrogens (tertiary/aromatic N) is 2. The predicted molar refractivity (Wildman–Crippen MR) is 63.5 cm³/mol. The van der Waals surface area contributed by atoms with Crippen LogP contribution in [0.2, 0.25) is 0 Å². The highest BCUT2D eigenvalue weighted by molar-refractivity contribution is 7.13. The van der Waals surface area contributed by atoms with E-state index in [1.54, 1.807) is 4.90 Å². The molecule has 1 rings (SSSR count). The van der Waals surface area contributed by atoms with Crippen LogP contribution in [0.3, 0.4) is 0 Å². The Morgan fingerprint density at radius 1 is 1.47 bits per heavy atom. The first kappa shape index (κ1) is 12.2. The van der Waals surface area contributed by atoms with Crippen LogP contribution in [0.1, 0.15) is 40.1 Å².